The molecule has 21 heavy (non-hydrogen) atoms. The highest BCUT2D eigenvalue weighted by Crippen LogP contribution is 2.32. The maximum atomic E-state index is 12.0. The molecule has 0 radical (unpaired) electrons. The van der Waals surface area contributed by atoms with Crippen molar-refractivity contribution in [2.45, 2.75) is 10.4 Å². The van der Waals surface area contributed by atoms with E-state index in [1.165, 1.54) is 7.11 Å². The van der Waals surface area contributed by atoms with Crippen LogP contribution < -0.4 is 4.74 Å². The number of alkyl halides is 3. The van der Waals surface area contributed by atoms with Crippen molar-refractivity contribution < 1.29 is 36.2 Å². The Morgan fingerprint density at radius 1 is 1.38 bits per heavy atom. The summed E-state index contributed by atoms with van der Waals surface area (Å²) in [5.41, 5.74) is -4.82. The number of hydrogen-bond donors (Lipinski definition) is 1. The zero-order valence-corrected chi connectivity index (χ0v) is 12.3. The van der Waals surface area contributed by atoms with Crippen LogP contribution in [0, 0.1) is 0 Å². The average Bonchev–Trinajstić information content (AvgIpc) is 2.36. The number of hydrogen-bond acceptors (Lipinski definition) is 5. The molecule has 0 fully saturated rings. The van der Waals surface area contributed by atoms with Gasteiger partial charge in [0.2, 0.25) is 0 Å². The second-order valence-corrected chi connectivity index (χ2v) is 7.02. The summed E-state index contributed by atoms with van der Waals surface area (Å²) < 4.78 is 64.9. The molecule has 1 aromatic rings. The Morgan fingerprint density at radius 2 is 2.00 bits per heavy atom. The van der Waals surface area contributed by atoms with Crippen LogP contribution in [0.25, 0.3) is 0 Å². The number of halogens is 3. The van der Waals surface area contributed by atoms with Crippen LogP contribution in [-0.4, -0.2) is 43.6 Å². The Balaban J connectivity index is 3.06. The Labute approximate surface area is 123 Å². The van der Waals surface area contributed by atoms with E-state index in [1.807, 2.05) is 0 Å². The summed E-state index contributed by atoms with van der Waals surface area (Å²) in [7, 11) is -2.91. The van der Waals surface area contributed by atoms with Crippen molar-refractivity contribution >= 4 is 27.6 Å². The van der Waals surface area contributed by atoms with E-state index in [-0.39, 0.29) is 11.3 Å². The van der Waals surface area contributed by atoms with Crippen molar-refractivity contribution in [1.29, 1.82) is 0 Å². The largest absolute Gasteiger partial charge is 0.495 e. The molecule has 0 unspecified atom stereocenters. The summed E-state index contributed by atoms with van der Waals surface area (Å²) in [6, 6.07) is 3.16. The smallest absolute Gasteiger partial charge is 0.441 e. The number of methoxy groups -OCH3 is 1. The number of rotatable bonds is 6. The molecule has 0 aliphatic carbocycles. The summed E-state index contributed by atoms with van der Waals surface area (Å²) in [5.74, 6) is -2.93. The molecule has 5 nitrogen and oxygen atoms in total. The Hall–Kier alpha value is -1.42. The number of carboxylic acids is 1. The van der Waals surface area contributed by atoms with Crippen LogP contribution in [-0.2, 0) is 9.84 Å². The molecule has 1 aromatic carbocycles. The highest BCUT2D eigenvalue weighted by atomic mass is 32.2. The highest BCUT2D eigenvalue weighted by molar-refractivity contribution is 8.01. The fourth-order valence-electron chi connectivity index (χ4n) is 1.43. The minimum absolute atomic E-state index is 0.114. The normalized spacial score (nSPS) is 12.2. The van der Waals surface area contributed by atoms with E-state index < -0.39 is 49.5 Å². The lowest BCUT2D eigenvalue weighted by Gasteiger charge is -2.11. The standard InChI is InChI=1S/C11H11F3O5S2/c1-19-8-3-2-7(10(15)16)6-9(8)21(17,18)5-4-20-11(12,13)14/h2-3,6H,4-5H2,1H3,(H,15,16). The van der Waals surface area contributed by atoms with Crippen LogP contribution in [0.3, 0.4) is 0 Å². The number of sulfone groups is 1. The molecule has 0 amide bonds. The first-order valence-corrected chi connectivity index (χ1v) is 8.05. The maximum Gasteiger partial charge on any atom is 0.441 e. The zero-order chi connectivity index (χ0) is 16.3. The Bertz CT molecular complexity index is 625. The van der Waals surface area contributed by atoms with Crippen LogP contribution in [0.4, 0.5) is 13.2 Å². The van der Waals surface area contributed by atoms with Gasteiger partial charge in [0.25, 0.3) is 0 Å². The number of thioether (sulfide) groups is 1. The second kappa shape index (κ2) is 6.56. The summed E-state index contributed by atoms with van der Waals surface area (Å²) in [5, 5.41) is 8.83. The molecule has 0 aliphatic heterocycles. The molecule has 0 aromatic heterocycles. The van der Waals surface area contributed by atoms with Gasteiger partial charge in [-0.2, -0.15) is 13.2 Å². The summed E-state index contributed by atoms with van der Waals surface area (Å²) in [6.45, 7) is 0. The Kier molecular flexibility index (Phi) is 5.51. The summed E-state index contributed by atoms with van der Waals surface area (Å²) >= 11 is -0.457. The van der Waals surface area contributed by atoms with Crippen LogP contribution in [0.5, 0.6) is 5.75 Å². The van der Waals surface area contributed by atoms with Crippen LogP contribution in [0.15, 0.2) is 23.1 Å². The fraction of sp³-hybridized carbons (Fsp3) is 0.364. The molecular formula is C11H11F3O5S2. The van der Waals surface area contributed by atoms with Gasteiger partial charge >= 0.3 is 11.5 Å². The van der Waals surface area contributed by atoms with E-state index in [9.17, 15) is 26.4 Å². The first-order chi connectivity index (χ1) is 9.57. The van der Waals surface area contributed by atoms with Crippen molar-refractivity contribution in [3.05, 3.63) is 23.8 Å². The van der Waals surface area contributed by atoms with Gasteiger partial charge in [-0.1, -0.05) is 0 Å². The first kappa shape index (κ1) is 17.6. The average molecular weight is 344 g/mol. The molecule has 0 saturated carbocycles. The quantitative estimate of drug-likeness (QED) is 0.854. The van der Waals surface area contributed by atoms with E-state index in [4.69, 9.17) is 9.84 Å². The van der Waals surface area contributed by atoms with E-state index in [0.717, 1.165) is 18.2 Å². The monoisotopic (exact) mass is 344 g/mol. The molecule has 1 rings (SSSR count). The predicted octanol–water partition coefficient (Wildman–Crippen LogP) is 2.42. The van der Waals surface area contributed by atoms with E-state index in [0.29, 0.717) is 0 Å². The lowest BCUT2D eigenvalue weighted by atomic mass is 10.2. The minimum atomic E-state index is -4.53. The summed E-state index contributed by atoms with van der Waals surface area (Å²) in [4.78, 5) is 10.4. The predicted molar refractivity (Wildman–Crippen MR) is 70.5 cm³/mol. The van der Waals surface area contributed by atoms with E-state index in [1.54, 1.807) is 0 Å². The van der Waals surface area contributed by atoms with Crippen LogP contribution in [0.2, 0.25) is 0 Å². The van der Waals surface area contributed by atoms with Crippen molar-refractivity contribution in [3.63, 3.8) is 0 Å². The van der Waals surface area contributed by atoms with Gasteiger partial charge in [-0.25, -0.2) is 13.2 Å². The number of carbonyl (C=O) groups is 1. The molecular weight excluding hydrogens is 333 g/mol. The fourth-order valence-corrected chi connectivity index (χ4v) is 3.86. The maximum absolute atomic E-state index is 12.0. The van der Waals surface area contributed by atoms with Gasteiger partial charge in [-0.3, -0.25) is 0 Å². The van der Waals surface area contributed by atoms with Gasteiger partial charge in [0, 0.05) is 5.75 Å². The van der Waals surface area contributed by atoms with Gasteiger partial charge in [-0.05, 0) is 30.0 Å². The van der Waals surface area contributed by atoms with Crippen LogP contribution in [0.1, 0.15) is 10.4 Å². The summed E-state index contributed by atoms with van der Waals surface area (Å²) in [6.07, 6.45) is 0. The van der Waals surface area contributed by atoms with Crippen LogP contribution >= 0.6 is 11.8 Å². The van der Waals surface area contributed by atoms with Crippen molar-refractivity contribution in [2.75, 3.05) is 18.6 Å². The number of aromatic carboxylic acids is 1. The van der Waals surface area contributed by atoms with Crippen molar-refractivity contribution in [1.82, 2.24) is 0 Å². The van der Waals surface area contributed by atoms with E-state index in [2.05, 4.69) is 0 Å². The second-order valence-electron chi connectivity index (χ2n) is 3.78. The molecule has 0 saturated heterocycles. The number of carboxylic acid groups (broad SMARTS) is 1. The van der Waals surface area contributed by atoms with Gasteiger partial charge in [0.1, 0.15) is 10.6 Å². The zero-order valence-electron chi connectivity index (χ0n) is 10.7. The lowest BCUT2D eigenvalue weighted by molar-refractivity contribution is -0.0326. The minimum Gasteiger partial charge on any atom is -0.495 e. The molecule has 0 aliphatic rings. The number of benzene rings is 1. The highest BCUT2D eigenvalue weighted by Gasteiger charge is 2.30. The first-order valence-electron chi connectivity index (χ1n) is 5.41. The molecule has 0 heterocycles. The molecule has 118 valence electrons. The third-order valence-corrected chi connectivity index (χ3v) is 5.09. The van der Waals surface area contributed by atoms with Gasteiger partial charge < -0.3 is 9.84 Å². The third kappa shape index (κ3) is 5.12. The lowest BCUT2D eigenvalue weighted by Crippen LogP contribution is -2.14. The SMILES string of the molecule is COc1ccc(C(=O)O)cc1S(=O)(=O)CCSC(F)(F)F. The van der Waals surface area contributed by atoms with Gasteiger partial charge in [0.05, 0.1) is 18.4 Å². The molecule has 10 heteroatoms. The van der Waals surface area contributed by atoms with Gasteiger partial charge in [-0.15, -0.1) is 0 Å². The molecule has 0 spiro atoms. The third-order valence-electron chi connectivity index (χ3n) is 2.36. The molecule has 0 atom stereocenters. The topological polar surface area (TPSA) is 80.7 Å². The molecule has 1 N–H and O–H groups in total. The van der Waals surface area contributed by atoms with Crippen molar-refractivity contribution in [3.8, 4) is 5.75 Å². The number of ether oxygens (including phenoxy) is 1. The van der Waals surface area contributed by atoms with E-state index >= 15 is 0 Å². The molecule has 0 bridgehead atoms. The Morgan fingerprint density at radius 3 is 2.48 bits per heavy atom. The van der Waals surface area contributed by atoms with Crippen molar-refractivity contribution in [2.24, 2.45) is 0 Å². The van der Waals surface area contributed by atoms with Gasteiger partial charge in [0.15, 0.2) is 9.84 Å².